The van der Waals surface area contributed by atoms with Crippen molar-refractivity contribution >= 4 is 5.91 Å². The zero-order chi connectivity index (χ0) is 18.7. The number of ether oxygens (including phenoxy) is 1. The number of hydrogen-bond donors (Lipinski definition) is 2. The molecule has 3 N–H and O–H groups in total. The second-order valence-corrected chi connectivity index (χ2v) is 7.43. The molecule has 26 heavy (non-hydrogen) atoms. The Hall–Kier alpha value is -1.70. The number of likely N-dealkylation sites (tertiary alicyclic amines) is 2. The monoisotopic (exact) mass is 365 g/mol. The van der Waals surface area contributed by atoms with E-state index in [2.05, 4.69) is 4.90 Å². The van der Waals surface area contributed by atoms with E-state index in [1.165, 1.54) is 13.2 Å². The number of nitrogens with two attached hydrogens (primary N) is 1. The Kier molecular flexibility index (Phi) is 5.79. The first-order valence-electron chi connectivity index (χ1n) is 9.23. The van der Waals surface area contributed by atoms with Gasteiger partial charge in [0.15, 0.2) is 5.60 Å². The third-order valence-corrected chi connectivity index (χ3v) is 5.44. The van der Waals surface area contributed by atoms with Gasteiger partial charge < -0.3 is 20.5 Å². The summed E-state index contributed by atoms with van der Waals surface area (Å²) in [6, 6.07) is 4.69. The van der Waals surface area contributed by atoms with Crippen molar-refractivity contribution in [2.45, 2.75) is 43.9 Å². The molecule has 0 spiro atoms. The van der Waals surface area contributed by atoms with Crippen LogP contribution in [0.2, 0.25) is 0 Å². The number of benzene rings is 1. The number of halogens is 1. The van der Waals surface area contributed by atoms with E-state index in [4.69, 9.17) is 10.5 Å². The Balaban J connectivity index is 1.69. The number of β-amino-alcohol motifs (C(OH)–C–C–N with tert-alkyl or cyclic N) is 1. The van der Waals surface area contributed by atoms with Gasteiger partial charge in [-0.15, -0.1) is 0 Å². The quantitative estimate of drug-likeness (QED) is 0.817. The molecule has 0 aliphatic carbocycles. The van der Waals surface area contributed by atoms with Gasteiger partial charge in [0.1, 0.15) is 11.6 Å². The smallest absolute Gasteiger partial charge is 0.256 e. The molecule has 2 aliphatic rings. The lowest BCUT2D eigenvalue weighted by Crippen LogP contribution is -2.59. The van der Waals surface area contributed by atoms with E-state index < -0.39 is 5.60 Å². The number of rotatable bonds is 5. The Morgan fingerprint density at radius 3 is 2.77 bits per heavy atom. The zero-order valence-electron chi connectivity index (χ0n) is 15.3. The van der Waals surface area contributed by atoms with Crippen LogP contribution in [0.5, 0.6) is 5.75 Å². The summed E-state index contributed by atoms with van der Waals surface area (Å²) in [4.78, 5) is 16.6. The highest BCUT2D eigenvalue weighted by atomic mass is 19.1. The summed E-state index contributed by atoms with van der Waals surface area (Å²) >= 11 is 0. The molecule has 144 valence electrons. The van der Waals surface area contributed by atoms with Crippen molar-refractivity contribution in [3.8, 4) is 5.75 Å². The normalized spacial score (nSPS) is 25.5. The highest BCUT2D eigenvalue weighted by Gasteiger charge is 2.43. The largest absolute Gasteiger partial charge is 0.497 e. The van der Waals surface area contributed by atoms with Crippen molar-refractivity contribution in [3.63, 3.8) is 0 Å². The maximum absolute atomic E-state index is 14.1. The minimum absolute atomic E-state index is 0.134. The van der Waals surface area contributed by atoms with Gasteiger partial charge >= 0.3 is 0 Å². The summed E-state index contributed by atoms with van der Waals surface area (Å²) in [7, 11) is 1.52. The van der Waals surface area contributed by atoms with Crippen molar-refractivity contribution < 1.29 is 19.0 Å². The first kappa shape index (κ1) is 19.1. The van der Waals surface area contributed by atoms with E-state index in [1.54, 1.807) is 17.0 Å². The van der Waals surface area contributed by atoms with E-state index in [0.29, 0.717) is 37.2 Å². The second-order valence-electron chi connectivity index (χ2n) is 7.43. The number of amides is 1. The number of hydrogen-bond acceptors (Lipinski definition) is 5. The molecule has 2 saturated heterocycles. The predicted molar refractivity (Wildman–Crippen MR) is 96.2 cm³/mol. The van der Waals surface area contributed by atoms with E-state index in [1.807, 2.05) is 0 Å². The third kappa shape index (κ3) is 4.16. The van der Waals surface area contributed by atoms with Crippen LogP contribution in [0.1, 0.15) is 31.2 Å². The number of aliphatic hydroxyl groups is 1. The lowest BCUT2D eigenvalue weighted by Gasteiger charge is -2.42. The number of nitrogens with zero attached hydrogens (tertiary/aromatic N) is 2. The van der Waals surface area contributed by atoms with Crippen molar-refractivity contribution in [3.05, 3.63) is 29.6 Å². The van der Waals surface area contributed by atoms with Crippen LogP contribution in [-0.2, 0) is 11.3 Å². The summed E-state index contributed by atoms with van der Waals surface area (Å²) in [6.07, 6.45) is 2.89. The van der Waals surface area contributed by atoms with Crippen LogP contribution < -0.4 is 10.5 Å². The van der Waals surface area contributed by atoms with Crippen LogP contribution in [0.15, 0.2) is 18.2 Å². The Labute approximate surface area is 153 Å². The average Bonchev–Trinajstić information content (AvgIpc) is 2.63. The van der Waals surface area contributed by atoms with Crippen LogP contribution >= 0.6 is 0 Å². The molecule has 1 aromatic rings. The number of carbonyl (C=O) groups excluding carboxylic acids is 1. The summed E-state index contributed by atoms with van der Waals surface area (Å²) in [5.41, 5.74) is 4.91. The van der Waals surface area contributed by atoms with Gasteiger partial charge in [0.25, 0.3) is 5.91 Å². The molecule has 1 amide bonds. The third-order valence-electron chi connectivity index (χ3n) is 5.44. The minimum atomic E-state index is -1.41. The fraction of sp³-hybridized carbons (Fsp3) is 0.632. The molecule has 0 aromatic heterocycles. The van der Waals surface area contributed by atoms with Crippen molar-refractivity contribution in [1.29, 1.82) is 0 Å². The van der Waals surface area contributed by atoms with Crippen molar-refractivity contribution in [2.24, 2.45) is 5.73 Å². The number of piperidine rings is 2. The van der Waals surface area contributed by atoms with Gasteiger partial charge in [-0.1, -0.05) is 0 Å². The van der Waals surface area contributed by atoms with Crippen LogP contribution in [0.3, 0.4) is 0 Å². The molecule has 2 heterocycles. The highest BCUT2D eigenvalue weighted by Crippen LogP contribution is 2.27. The molecule has 0 unspecified atom stereocenters. The van der Waals surface area contributed by atoms with Gasteiger partial charge in [-0.2, -0.15) is 0 Å². The topological polar surface area (TPSA) is 79.0 Å². The summed E-state index contributed by atoms with van der Waals surface area (Å²) in [5, 5.41) is 11.0. The molecule has 0 radical (unpaired) electrons. The summed E-state index contributed by atoms with van der Waals surface area (Å²) < 4.78 is 19.3. The molecule has 6 nitrogen and oxygen atoms in total. The van der Waals surface area contributed by atoms with Gasteiger partial charge in [0.2, 0.25) is 0 Å². The van der Waals surface area contributed by atoms with Gasteiger partial charge in [-0.05, 0) is 57.0 Å². The fourth-order valence-corrected chi connectivity index (χ4v) is 3.85. The average molecular weight is 365 g/mol. The van der Waals surface area contributed by atoms with Gasteiger partial charge in [-0.3, -0.25) is 9.69 Å². The van der Waals surface area contributed by atoms with Crippen LogP contribution in [0.4, 0.5) is 4.39 Å². The van der Waals surface area contributed by atoms with Crippen molar-refractivity contribution in [2.75, 3.05) is 33.3 Å². The van der Waals surface area contributed by atoms with Crippen molar-refractivity contribution in [1.82, 2.24) is 9.80 Å². The van der Waals surface area contributed by atoms with Gasteiger partial charge in [-0.25, -0.2) is 4.39 Å². The van der Waals surface area contributed by atoms with E-state index in [9.17, 15) is 14.3 Å². The maximum atomic E-state index is 14.1. The maximum Gasteiger partial charge on any atom is 0.256 e. The van der Waals surface area contributed by atoms with E-state index in [-0.39, 0.29) is 24.3 Å². The molecule has 2 fully saturated rings. The minimum Gasteiger partial charge on any atom is -0.497 e. The molecule has 0 bridgehead atoms. The number of carbonyl (C=O) groups is 1. The molecule has 3 rings (SSSR count). The molecule has 7 heteroatoms. The predicted octanol–water partition coefficient (Wildman–Crippen LogP) is 1.11. The highest BCUT2D eigenvalue weighted by molar-refractivity contribution is 5.86. The van der Waals surface area contributed by atoms with Crippen LogP contribution in [0, 0.1) is 5.82 Å². The van der Waals surface area contributed by atoms with E-state index in [0.717, 1.165) is 25.9 Å². The van der Waals surface area contributed by atoms with Gasteiger partial charge in [0, 0.05) is 31.2 Å². The first-order chi connectivity index (χ1) is 12.4. The molecular formula is C19H28FN3O3. The molecule has 1 atom stereocenters. The first-order valence-corrected chi connectivity index (χ1v) is 9.23. The SMILES string of the molecule is COc1ccc(F)c(CN2CCC[C@@](O)(CN3CCC(N)CC3)C2=O)c1. The van der Waals surface area contributed by atoms with Gasteiger partial charge in [0.05, 0.1) is 7.11 Å². The lowest BCUT2D eigenvalue weighted by molar-refractivity contribution is -0.160. The van der Waals surface area contributed by atoms with Crippen LogP contribution in [-0.4, -0.2) is 65.7 Å². The lowest BCUT2D eigenvalue weighted by atomic mass is 9.90. The Morgan fingerprint density at radius 2 is 2.08 bits per heavy atom. The number of methoxy groups -OCH3 is 1. The summed E-state index contributed by atoms with van der Waals surface area (Å²) in [5.74, 6) is -0.149. The fourth-order valence-electron chi connectivity index (χ4n) is 3.85. The Morgan fingerprint density at radius 1 is 1.35 bits per heavy atom. The summed E-state index contributed by atoms with van der Waals surface area (Å²) in [6.45, 7) is 2.55. The van der Waals surface area contributed by atoms with Crippen LogP contribution in [0.25, 0.3) is 0 Å². The molecule has 2 aliphatic heterocycles. The molecular weight excluding hydrogens is 337 g/mol. The Bertz CT molecular complexity index is 649. The van der Waals surface area contributed by atoms with E-state index >= 15 is 0 Å². The molecule has 0 saturated carbocycles. The molecule has 1 aromatic carbocycles. The zero-order valence-corrected chi connectivity index (χ0v) is 15.3. The second kappa shape index (κ2) is 7.90. The standard InChI is InChI=1S/C19H28FN3O3/c1-26-16-3-4-17(20)14(11-16)12-23-8-2-7-19(25,18(23)24)13-22-9-5-15(21)6-10-22/h3-4,11,15,25H,2,5-10,12-13,21H2,1H3/t19-/m1/s1.